The van der Waals surface area contributed by atoms with Gasteiger partial charge in [-0.1, -0.05) is 50.9 Å². The van der Waals surface area contributed by atoms with Gasteiger partial charge < -0.3 is 4.74 Å². The quantitative estimate of drug-likeness (QED) is 0.143. The van der Waals surface area contributed by atoms with Gasteiger partial charge in [-0.05, 0) is 105 Å². The summed E-state index contributed by atoms with van der Waals surface area (Å²) in [6.07, 6.45) is 3.23. The topological polar surface area (TPSA) is 56.5 Å². The van der Waals surface area contributed by atoms with E-state index in [1.165, 1.54) is 4.68 Å². The molecule has 3 aromatic carbocycles. The van der Waals surface area contributed by atoms with E-state index in [-0.39, 0.29) is 5.56 Å². The van der Waals surface area contributed by atoms with Gasteiger partial charge in [0.15, 0.2) is 0 Å². The summed E-state index contributed by atoms with van der Waals surface area (Å²) in [5, 5.41) is 5.07. The Labute approximate surface area is 241 Å². The molecule has 0 radical (unpaired) electrons. The lowest BCUT2D eigenvalue weighted by Crippen LogP contribution is -2.22. The molecule has 0 saturated heterocycles. The zero-order chi connectivity index (χ0) is 24.2. The van der Waals surface area contributed by atoms with Gasteiger partial charge in [0.05, 0.1) is 24.3 Å². The normalized spacial score (nSPS) is 11.4. The Hall–Kier alpha value is -1.31. The van der Waals surface area contributed by atoms with Crippen LogP contribution in [0.3, 0.4) is 0 Å². The van der Waals surface area contributed by atoms with Crippen molar-refractivity contribution in [2.24, 2.45) is 5.10 Å². The number of benzene rings is 3. The first-order valence-corrected chi connectivity index (χ1v) is 14.2. The van der Waals surface area contributed by atoms with Crippen LogP contribution in [0.15, 0.2) is 73.4 Å². The molecule has 0 bridgehead atoms. The highest BCUT2D eigenvalue weighted by atomic mass is 127. The summed E-state index contributed by atoms with van der Waals surface area (Å²) in [6.45, 7) is 2.55. The maximum absolute atomic E-state index is 13.2. The van der Waals surface area contributed by atoms with Crippen LogP contribution in [0.5, 0.6) is 5.75 Å². The van der Waals surface area contributed by atoms with Crippen molar-refractivity contribution in [1.29, 1.82) is 0 Å². The average molecular weight is 807 g/mol. The summed E-state index contributed by atoms with van der Waals surface area (Å²) >= 11 is 11.4. The third-order valence-electron chi connectivity index (χ3n) is 4.99. The van der Waals surface area contributed by atoms with Crippen molar-refractivity contribution >= 4 is 94.2 Å². The fraction of sp³-hybridized carbons (Fsp3) is 0.160. The minimum Gasteiger partial charge on any atom is -0.487 e. The average Bonchev–Trinajstić information content (AvgIpc) is 2.80. The zero-order valence-electron chi connectivity index (χ0n) is 18.1. The Morgan fingerprint density at radius 3 is 2.38 bits per heavy atom. The summed E-state index contributed by atoms with van der Waals surface area (Å²) in [7, 11) is 0. The van der Waals surface area contributed by atoms with E-state index >= 15 is 0 Å². The molecule has 0 N–H and O–H groups in total. The standard InChI is InChI=1S/C25H19Br2I2N3O2/c1-2-3-23-31-22-9-8-18(27)12-19(22)25(33)32(23)30-13-16-10-20(28)24(21(29)11-16)34-14-15-4-6-17(26)7-5-15/h4-13H,2-3,14H2,1H3. The van der Waals surface area contributed by atoms with Crippen LogP contribution in [-0.2, 0) is 13.0 Å². The molecule has 0 unspecified atom stereocenters. The Kier molecular flexibility index (Phi) is 8.81. The summed E-state index contributed by atoms with van der Waals surface area (Å²) in [5.41, 5.74) is 2.48. The van der Waals surface area contributed by atoms with Crippen LogP contribution < -0.4 is 10.3 Å². The summed E-state index contributed by atoms with van der Waals surface area (Å²) < 4.78 is 11.3. The van der Waals surface area contributed by atoms with E-state index < -0.39 is 0 Å². The fourth-order valence-corrected chi connectivity index (χ4v) is 6.10. The number of aryl methyl sites for hydroxylation is 1. The van der Waals surface area contributed by atoms with Crippen LogP contribution in [0, 0.1) is 7.14 Å². The maximum atomic E-state index is 13.2. The molecular weight excluding hydrogens is 788 g/mol. The molecule has 9 heteroatoms. The molecular formula is C25H19Br2I2N3O2. The van der Waals surface area contributed by atoms with Crippen molar-refractivity contribution < 1.29 is 4.74 Å². The van der Waals surface area contributed by atoms with Gasteiger partial charge >= 0.3 is 0 Å². The first-order chi connectivity index (χ1) is 16.4. The predicted molar refractivity (Wildman–Crippen MR) is 161 cm³/mol. The minimum absolute atomic E-state index is 0.176. The number of fused-ring (bicyclic) bond motifs is 1. The number of halogens is 4. The number of hydrogen-bond acceptors (Lipinski definition) is 4. The number of rotatable bonds is 7. The van der Waals surface area contributed by atoms with Crippen molar-refractivity contribution in [3.63, 3.8) is 0 Å². The molecule has 0 atom stereocenters. The highest BCUT2D eigenvalue weighted by Crippen LogP contribution is 2.29. The summed E-state index contributed by atoms with van der Waals surface area (Å²) in [5.74, 6) is 1.49. The van der Waals surface area contributed by atoms with E-state index in [1.807, 2.05) is 48.5 Å². The van der Waals surface area contributed by atoms with E-state index in [0.29, 0.717) is 29.8 Å². The number of hydrogen-bond donors (Lipinski definition) is 0. The van der Waals surface area contributed by atoms with Crippen LogP contribution in [-0.4, -0.2) is 15.9 Å². The lowest BCUT2D eigenvalue weighted by Gasteiger charge is -2.12. The van der Waals surface area contributed by atoms with Crippen LogP contribution in [0.1, 0.15) is 30.3 Å². The predicted octanol–water partition coefficient (Wildman–Crippen LogP) is 7.54. The molecule has 0 aliphatic carbocycles. The summed E-state index contributed by atoms with van der Waals surface area (Å²) in [4.78, 5) is 17.9. The van der Waals surface area contributed by atoms with Crippen molar-refractivity contribution in [3.8, 4) is 5.75 Å². The maximum Gasteiger partial charge on any atom is 0.282 e. The van der Waals surface area contributed by atoms with E-state index in [4.69, 9.17) is 4.74 Å². The number of ether oxygens (including phenoxy) is 1. The smallest absolute Gasteiger partial charge is 0.282 e. The van der Waals surface area contributed by atoms with E-state index in [1.54, 1.807) is 12.3 Å². The SMILES string of the molecule is CCCc1nc2ccc(Br)cc2c(=O)n1N=Cc1cc(I)c(OCc2ccc(Br)cc2)c(I)c1. The Morgan fingerprint density at radius 2 is 1.71 bits per heavy atom. The Morgan fingerprint density at radius 1 is 1.03 bits per heavy atom. The second-order valence-corrected chi connectivity index (χ2v) is 11.7. The molecule has 0 fully saturated rings. The van der Waals surface area contributed by atoms with Gasteiger partial charge in [0.2, 0.25) is 0 Å². The van der Waals surface area contributed by atoms with Crippen molar-refractivity contribution in [3.05, 3.63) is 98.0 Å². The number of aromatic nitrogens is 2. The third kappa shape index (κ3) is 6.08. The number of nitrogens with zero attached hydrogens (tertiary/aromatic N) is 3. The van der Waals surface area contributed by atoms with Gasteiger partial charge in [-0.2, -0.15) is 9.78 Å². The molecule has 4 aromatic rings. The van der Waals surface area contributed by atoms with E-state index in [2.05, 4.69) is 94.1 Å². The molecule has 4 rings (SSSR count). The molecule has 34 heavy (non-hydrogen) atoms. The molecule has 0 saturated carbocycles. The van der Waals surface area contributed by atoms with E-state index in [0.717, 1.165) is 39.4 Å². The molecule has 1 heterocycles. The van der Waals surface area contributed by atoms with Crippen LogP contribution in [0.25, 0.3) is 10.9 Å². The highest BCUT2D eigenvalue weighted by molar-refractivity contribution is 14.1. The van der Waals surface area contributed by atoms with Crippen LogP contribution >= 0.6 is 77.0 Å². The molecule has 0 spiro atoms. The third-order valence-corrected chi connectivity index (χ3v) is 7.61. The van der Waals surface area contributed by atoms with Crippen molar-refractivity contribution in [1.82, 2.24) is 9.66 Å². The second kappa shape index (κ2) is 11.6. The molecule has 174 valence electrons. The molecule has 0 aliphatic heterocycles. The van der Waals surface area contributed by atoms with Gasteiger partial charge in [0.25, 0.3) is 5.56 Å². The zero-order valence-corrected chi connectivity index (χ0v) is 25.6. The fourth-order valence-electron chi connectivity index (χ4n) is 3.35. The van der Waals surface area contributed by atoms with Crippen LogP contribution in [0.2, 0.25) is 0 Å². The first-order valence-electron chi connectivity index (χ1n) is 10.5. The van der Waals surface area contributed by atoms with Crippen molar-refractivity contribution in [2.75, 3.05) is 0 Å². The van der Waals surface area contributed by atoms with Crippen LogP contribution in [0.4, 0.5) is 0 Å². The largest absolute Gasteiger partial charge is 0.487 e. The van der Waals surface area contributed by atoms with Gasteiger partial charge in [0.1, 0.15) is 18.2 Å². The van der Waals surface area contributed by atoms with E-state index in [9.17, 15) is 4.79 Å². The van der Waals surface area contributed by atoms with Gasteiger partial charge in [-0.25, -0.2) is 4.98 Å². The molecule has 5 nitrogen and oxygen atoms in total. The Balaban J connectivity index is 1.63. The lowest BCUT2D eigenvalue weighted by atomic mass is 10.2. The minimum atomic E-state index is -0.176. The molecule has 0 aliphatic rings. The first kappa shape index (κ1) is 25.8. The summed E-state index contributed by atoms with van der Waals surface area (Å²) in [6, 6.07) is 17.6. The lowest BCUT2D eigenvalue weighted by molar-refractivity contribution is 0.301. The van der Waals surface area contributed by atoms with Gasteiger partial charge in [-0.15, -0.1) is 0 Å². The molecule has 1 aromatic heterocycles. The monoisotopic (exact) mass is 805 g/mol. The van der Waals surface area contributed by atoms with Gasteiger partial charge in [0, 0.05) is 15.4 Å². The molecule has 0 amide bonds. The Bertz CT molecular complexity index is 1410. The highest BCUT2D eigenvalue weighted by Gasteiger charge is 2.12. The second-order valence-electron chi connectivity index (χ2n) is 7.53. The van der Waals surface area contributed by atoms with Crippen molar-refractivity contribution in [2.45, 2.75) is 26.4 Å². The van der Waals surface area contributed by atoms with Gasteiger partial charge in [-0.3, -0.25) is 4.79 Å².